The van der Waals surface area contributed by atoms with Crippen molar-refractivity contribution in [3.63, 3.8) is 0 Å². The average Bonchev–Trinajstić information content (AvgIpc) is 2.27. The zero-order valence-corrected chi connectivity index (χ0v) is 9.83. The van der Waals surface area contributed by atoms with Crippen molar-refractivity contribution in [1.29, 1.82) is 0 Å². The monoisotopic (exact) mass is 283 g/mol. The van der Waals surface area contributed by atoms with Crippen LogP contribution in [0.3, 0.4) is 0 Å². The molecular weight excluding hydrogens is 275 g/mol. The Bertz CT molecular complexity index is 526. The zero-order valence-electron chi connectivity index (χ0n) is 9.01. The molecule has 1 aromatic carbocycles. The molecule has 18 heavy (non-hydrogen) atoms. The second kappa shape index (κ2) is 4.94. The van der Waals surface area contributed by atoms with Gasteiger partial charge in [-0.1, -0.05) is 18.2 Å². The zero-order chi connectivity index (χ0) is 14.0. The van der Waals surface area contributed by atoms with Gasteiger partial charge in [0.2, 0.25) is 0 Å². The fourth-order valence-electron chi connectivity index (χ4n) is 0.986. The molecule has 0 saturated heterocycles. The molecule has 1 aromatic rings. The molecule has 5 nitrogen and oxygen atoms in total. The number of carbonyl (C=O) groups excluding carboxylic acids is 1. The molecule has 0 aliphatic heterocycles. The first-order valence-corrected chi connectivity index (χ1v) is 5.90. The van der Waals surface area contributed by atoms with Crippen molar-refractivity contribution in [2.45, 2.75) is 5.51 Å². The van der Waals surface area contributed by atoms with Gasteiger partial charge in [-0.05, 0) is 12.1 Å². The molecular formula is C9H8F3NO4S. The molecule has 0 unspecified atom stereocenters. The molecule has 1 rings (SSSR count). The maximum atomic E-state index is 12.0. The lowest BCUT2D eigenvalue weighted by Crippen LogP contribution is -2.35. The standard InChI is InChI=1S/C9H8F3NO4S/c1-13(17-18(15,16)9(10,11)12)8(14)7-5-3-2-4-6-7/h2-6H,1H3. The van der Waals surface area contributed by atoms with E-state index in [1.807, 2.05) is 0 Å². The van der Waals surface area contributed by atoms with Gasteiger partial charge in [0.15, 0.2) is 0 Å². The molecule has 0 aliphatic rings. The number of benzene rings is 1. The van der Waals surface area contributed by atoms with Crippen LogP contribution in [0, 0.1) is 0 Å². The SMILES string of the molecule is CN(OS(=O)(=O)C(F)(F)F)C(=O)c1ccccc1. The third-order valence-corrected chi connectivity index (χ3v) is 2.79. The van der Waals surface area contributed by atoms with Gasteiger partial charge in [0, 0.05) is 12.6 Å². The number of halogens is 3. The summed E-state index contributed by atoms with van der Waals surface area (Å²) in [6.45, 7) is 0. The van der Waals surface area contributed by atoms with E-state index >= 15 is 0 Å². The number of hydroxylamine groups is 2. The van der Waals surface area contributed by atoms with E-state index < -0.39 is 21.5 Å². The summed E-state index contributed by atoms with van der Waals surface area (Å²) in [5.74, 6) is -1.01. The number of hydrogen-bond donors (Lipinski definition) is 0. The van der Waals surface area contributed by atoms with Crippen LogP contribution in [0.25, 0.3) is 0 Å². The highest BCUT2D eigenvalue weighted by Gasteiger charge is 2.49. The van der Waals surface area contributed by atoms with E-state index in [9.17, 15) is 26.4 Å². The van der Waals surface area contributed by atoms with E-state index in [-0.39, 0.29) is 10.6 Å². The third kappa shape index (κ3) is 3.20. The van der Waals surface area contributed by atoms with E-state index in [0.29, 0.717) is 0 Å². The molecule has 0 heterocycles. The van der Waals surface area contributed by atoms with Crippen molar-refractivity contribution in [3.8, 4) is 0 Å². The highest BCUT2D eigenvalue weighted by molar-refractivity contribution is 7.87. The minimum Gasteiger partial charge on any atom is -0.267 e. The molecule has 0 N–H and O–H groups in total. The maximum absolute atomic E-state index is 12.0. The van der Waals surface area contributed by atoms with Gasteiger partial charge in [0.25, 0.3) is 5.91 Å². The lowest BCUT2D eigenvalue weighted by Gasteiger charge is -2.16. The van der Waals surface area contributed by atoms with Crippen molar-refractivity contribution in [1.82, 2.24) is 5.06 Å². The van der Waals surface area contributed by atoms with E-state index in [1.54, 1.807) is 6.07 Å². The molecule has 0 bridgehead atoms. The number of hydrogen-bond acceptors (Lipinski definition) is 4. The molecule has 0 aromatic heterocycles. The van der Waals surface area contributed by atoms with Crippen LogP contribution >= 0.6 is 0 Å². The van der Waals surface area contributed by atoms with E-state index in [0.717, 1.165) is 7.05 Å². The molecule has 9 heteroatoms. The number of carbonyl (C=O) groups is 1. The van der Waals surface area contributed by atoms with Crippen LogP contribution in [-0.4, -0.2) is 31.9 Å². The highest BCUT2D eigenvalue weighted by atomic mass is 32.2. The van der Waals surface area contributed by atoms with Crippen molar-refractivity contribution in [3.05, 3.63) is 35.9 Å². The maximum Gasteiger partial charge on any atom is 0.525 e. The van der Waals surface area contributed by atoms with Crippen molar-refractivity contribution < 1.29 is 30.7 Å². The minimum atomic E-state index is -5.84. The van der Waals surface area contributed by atoms with Crippen LogP contribution in [0.4, 0.5) is 13.2 Å². The van der Waals surface area contributed by atoms with Gasteiger partial charge < -0.3 is 0 Å². The van der Waals surface area contributed by atoms with Crippen LogP contribution in [0.5, 0.6) is 0 Å². The minimum absolute atomic E-state index is 0.00243. The highest BCUT2D eigenvalue weighted by Crippen LogP contribution is 2.25. The first-order valence-electron chi connectivity index (χ1n) is 4.49. The Balaban J connectivity index is 2.85. The lowest BCUT2D eigenvalue weighted by molar-refractivity contribution is -0.0787. The van der Waals surface area contributed by atoms with E-state index in [1.165, 1.54) is 24.3 Å². The lowest BCUT2D eigenvalue weighted by atomic mass is 10.2. The van der Waals surface area contributed by atoms with Crippen LogP contribution in [0.2, 0.25) is 0 Å². The average molecular weight is 283 g/mol. The predicted octanol–water partition coefficient (Wildman–Crippen LogP) is 1.54. The van der Waals surface area contributed by atoms with Crippen molar-refractivity contribution in [2.24, 2.45) is 0 Å². The van der Waals surface area contributed by atoms with Gasteiger partial charge in [0.05, 0.1) is 0 Å². The Morgan fingerprint density at radius 3 is 2.17 bits per heavy atom. The summed E-state index contributed by atoms with van der Waals surface area (Å²) in [5.41, 5.74) is -5.59. The van der Waals surface area contributed by atoms with Crippen molar-refractivity contribution >= 4 is 16.0 Å². The summed E-state index contributed by atoms with van der Waals surface area (Å²) in [6, 6.07) is 7.15. The first-order chi connectivity index (χ1) is 8.15. The quantitative estimate of drug-likeness (QED) is 0.623. The first kappa shape index (κ1) is 14.5. The number of rotatable bonds is 3. The van der Waals surface area contributed by atoms with Gasteiger partial charge in [-0.3, -0.25) is 4.79 Å². The smallest absolute Gasteiger partial charge is 0.267 e. The molecule has 0 aliphatic carbocycles. The molecule has 0 atom stereocenters. The normalized spacial score (nSPS) is 12.2. The van der Waals surface area contributed by atoms with Gasteiger partial charge in [-0.25, -0.2) is 5.06 Å². The van der Waals surface area contributed by atoms with E-state index in [2.05, 4.69) is 4.28 Å². The van der Waals surface area contributed by atoms with Gasteiger partial charge in [0.1, 0.15) is 0 Å². The number of alkyl halides is 3. The fourth-order valence-corrected chi connectivity index (χ4v) is 1.43. The summed E-state index contributed by atoms with van der Waals surface area (Å²) >= 11 is 0. The summed E-state index contributed by atoms with van der Waals surface area (Å²) in [7, 11) is -5.07. The summed E-state index contributed by atoms with van der Waals surface area (Å²) in [5, 5.41) is 0.0121. The van der Waals surface area contributed by atoms with Gasteiger partial charge in [-0.2, -0.15) is 21.6 Å². The number of amides is 1. The van der Waals surface area contributed by atoms with Gasteiger partial charge in [-0.15, -0.1) is 4.28 Å². The molecule has 100 valence electrons. The Hall–Kier alpha value is -1.61. The van der Waals surface area contributed by atoms with Crippen molar-refractivity contribution in [2.75, 3.05) is 7.05 Å². The molecule has 0 spiro atoms. The van der Waals surface area contributed by atoms with Crippen LogP contribution in [-0.2, 0) is 14.4 Å². The Morgan fingerprint density at radius 1 is 1.22 bits per heavy atom. The molecule has 0 fully saturated rings. The Labute approximate surface area is 101 Å². The fraction of sp³-hybridized carbons (Fsp3) is 0.222. The molecule has 0 radical (unpaired) electrons. The summed E-state index contributed by atoms with van der Waals surface area (Å²) in [6.07, 6.45) is 0. The summed E-state index contributed by atoms with van der Waals surface area (Å²) < 4.78 is 61.0. The molecule has 0 saturated carbocycles. The third-order valence-electron chi connectivity index (χ3n) is 1.80. The van der Waals surface area contributed by atoms with E-state index in [4.69, 9.17) is 0 Å². The van der Waals surface area contributed by atoms with Crippen LogP contribution < -0.4 is 0 Å². The van der Waals surface area contributed by atoms with Gasteiger partial charge >= 0.3 is 15.6 Å². The largest absolute Gasteiger partial charge is 0.525 e. The second-order valence-corrected chi connectivity index (χ2v) is 4.66. The second-order valence-electron chi connectivity index (χ2n) is 3.14. The van der Waals surface area contributed by atoms with Crippen LogP contribution in [0.1, 0.15) is 10.4 Å². The molecule has 1 amide bonds. The Morgan fingerprint density at radius 2 is 1.72 bits per heavy atom. The topological polar surface area (TPSA) is 63.7 Å². The Kier molecular flexibility index (Phi) is 3.97. The van der Waals surface area contributed by atoms with Crippen LogP contribution in [0.15, 0.2) is 30.3 Å². The number of nitrogens with zero attached hydrogens (tertiary/aromatic N) is 1. The summed E-state index contributed by atoms with van der Waals surface area (Å²) in [4.78, 5) is 11.5. The predicted molar refractivity (Wildman–Crippen MR) is 54.6 cm³/mol.